The number of amides is 1. The quantitative estimate of drug-likeness (QED) is 0.772. The van der Waals surface area contributed by atoms with Crippen molar-refractivity contribution in [1.82, 2.24) is 5.32 Å². The molecular weight excluding hydrogens is 306 g/mol. The standard InChI is InChI=1S/C12H16ClNO3S2/c1-8(12(16)17)4-5-14-11(15)7-18-6-9-2-3-10(13)19-9/h2-3,8H,4-7H2,1H3,(H,14,15)(H,16,17). The normalized spacial score (nSPS) is 12.1. The maximum atomic E-state index is 11.5. The minimum atomic E-state index is -0.835. The predicted molar refractivity (Wildman–Crippen MR) is 79.9 cm³/mol. The molecule has 0 saturated heterocycles. The van der Waals surface area contributed by atoms with Gasteiger partial charge in [0.05, 0.1) is 16.0 Å². The topological polar surface area (TPSA) is 66.4 Å². The zero-order valence-corrected chi connectivity index (χ0v) is 12.9. The smallest absolute Gasteiger partial charge is 0.306 e. The number of carboxylic acids is 1. The summed E-state index contributed by atoms with van der Waals surface area (Å²) in [5.41, 5.74) is 0. The van der Waals surface area contributed by atoms with Crippen LogP contribution in [0.2, 0.25) is 4.34 Å². The van der Waals surface area contributed by atoms with Gasteiger partial charge in [0.1, 0.15) is 0 Å². The van der Waals surface area contributed by atoms with Crippen LogP contribution in [-0.2, 0) is 15.3 Å². The van der Waals surface area contributed by atoms with Crippen LogP contribution in [0.25, 0.3) is 0 Å². The van der Waals surface area contributed by atoms with Crippen molar-refractivity contribution in [1.29, 1.82) is 0 Å². The van der Waals surface area contributed by atoms with Gasteiger partial charge >= 0.3 is 5.97 Å². The third-order valence-corrected chi connectivity index (χ3v) is 4.82. The molecule has 0 saturated carbocycles. The molecule has 0 aliphatic carbocycles. The van der Waals surface area contributed by atoms with Crippen LogP contribution < -0.4 is 5.32 Å². The number of carbonyl (C=O) groups is 2. The van der Waals surface area contributed by atoms with Crippen LogP contribution >= 0.6 is 34.7 Å². The third-order valence-electron chi connectivity index (χ3n) is 2.43. The van der Waals surface area contributed by atoms with E-state index in [-0.39, 0.29) is 5.91 Å². The van der Waals surface area contributed by atoms with E-state index in [1.165, 1.54) is 23.1 Å². The minimum absolute atomic E-state index is 0.0646. The van der Waals surface area contributed by atoms with E-state index in [0.29, 0.717) is 18.7 Å². The molecule has 7 heteroatoms. The Bertz CT molecular complexity index is 436. The monoisotopic (exact) mass is 321 g/mol. The average molecular weight is 322 g/mol. The SMILES string of the molecule is CC(CCNC(=O)CSCc1ccc(Cl)s1)C(=O)O. The van der Waals surface area contributed by atoms with Gasteiger partial charge < -0.3 is 10.4 Å². The van der Waals surface area contributed by atoms with E-state index in [1.807, 2.05) is 12.1 Å². The summed E-state index contributed by atoms with van der Waals surface area (Å²) in [6, 6.07) is 3.79. The van der Waals surface area contributed by atoms with E-state index < -0.39 is 11.9 Å². The summed E-state index contributed by atoms with van der Waals surface area (Å²) in [6.07, 6.45) is 0.451. The summed E-state index contributed by atoms with van der Waals surface area (Å²) in [7, 11) is 0. The predicted octanol–water partition coefficient (Wildman–Crippen LogP) is 2.86. The molecule has 1 rings (SSSR count). The van der Waals surface area contributed by atoms with E-state index in [2.05, 4.69) is 5.32 Å². The Labute approximate surface area is 125 Å². The van der Waals surface area contributed by atoms with Crippen LogP contribution in [0.15, 0.2) is 12.1 Å². The molecule has 0 aromatic carbocycles. The highest BCUT2D eigenvalue weighted by molar-refractivity contribution is 7.99. The fourth-order valence-electron chi connectivity index (χ4n) is 1.28. The maximum Gasteiger partial charge on any atom is 0.306 e. The van der Waals surface area contributed by atoms with Gasteiger partial charge in [0, 0.05) is 17.2 Å². The Morgan fingerprint density at radius 3 is 2.84 bits per heavy atom. The molecule has 19 heavy (non-hydrogen) atoms. The van der Waals surface area contributed by atoms with E-state index in [1.54, 1.807) is 6.92 Å². The van der Waals surface area contributed by atoms with Crippen LogP contribution in [0, 0.1) is 5.92 Å². The van der Waals surface area contributed by atoms with Gasteiger partial charge in [-0.1, -0.05) is 18.5 Å². The highest BCUT2D eigenvalue weighted by atomic mass is 35.5. The summed E-state index contributed by atoms with van der Waals surface area (Å²) >= 11 is 8.84. The number of halogens is 1. The van der Waals surface area contributed by atoms with Crippen molar-refractivity contribution in [2.75, 3.05) is 12.3 Å². The summed E-state index contributed by atoms with van der Waals surface area (Å²) < 4.78 is 0.753. The van der Waals surface area contributed by atoms with Crippen LogP contribution in [0.3, 0.4) is 0 Å². The molecule has 1 unspecified atom stereocenters. The first-order valence-electron chi connectivity index (χ1n) is 5.80. The fraction of sp³-hybridized carbons (Fsp3) is 0.500. The molecule has 1 heterocycles. The molecule has 1 atom stereocenters. The van der Waals surface area contributed by atoms with Gasteiger partial charge in [-0.05, 0) is 18.6 Å². The molecular formula is C12H16ClNO3S2. The lowest BCUT2D eigenvalue weighted by Gasteiger charge is -2.07. The Hall–Kier alpha value is -0.720. The lowest BCUT2D eigenvalue weighted by atomic mass is 10.1. The Kier molecular flexibility index (Phi) is 7.27. The second kappa shape index (κ2) is 8.45. The molecule has 0 aliphatic heterocycles. The van der Waals surface area contributed by atoms with Gasteiger partial charge in [0.2, 0.25) is 5.91 Å². The molecule has 1 amide bonds. The van der Waals surface area contributed by atoms with Crippen molar-refractivity contribution >= 4 is 46.6 Å². The number of thioether (sulfide) groups is 1. The number of hydrogen-bond acceptors (Lipinski definition) is 4. The summed E-state index contributed by atoms with van der Waals surface area (Å²) in [5.74, 6) is -0.197. The number of aliphatic carboxylic acids is 1. The molecule has 0 aliphatic rings. The first-order chi connectivity index (χ1) is 8.99. The van der Waals surface area contributed by atoms with Crippen molar-refractivity contribution in [3.05, 3.63) is 21.3 Å². The number of thiophene rings is 1. The highest BCUT2D eigenvalue weighted by Crippen LogP contribution is 2.24. The Morgan fingerprint density at radius 1 is 1.53 bits per heavy atom. The first-order valence-corrected chi connectivity index (χ1v) is 8.15. The molecule has 0 fully saturated rings. The van der Waals surface area contributed by atoms with Gasteiger partial charge in [-0.25, -0.2) is 0 Å². The second-order valence-corrected chi connectivity index (χ2v) is 6.86. The summed E-state index contributed by atoms with van der Waals surface area (Å²) in [5, 5.41) is 11.4. The number of hydrogen-bond donors (Lipinski definition) is 2. The second-order valence-electron chi connectivity index (χ2n) is 4.08. The number of rotatable bonds is 8. The average Bonchev–Trinajstić information content (AvgIpc) is 2.74. The minimum Gasteiger partial charge on any atom is -0.481 e. The van der Waals surface area contributed by atoms with Crippen molar-refractivity contribution in [3.63, 3.8) is 0 Å². The van der Waals surface area contributed by atoms with E-state index >= 15 is 0 Å². The maximum absolute atomic E-state index is 11.5. The molecule has 1 aromatic heterocycles. The van der Waals surface area contributed by atoms with Gasteiger partial charge in [0.25, 0.3) is 0 Å². The Balaban J connectivity index is 2.10. The number of nitrogens with one attached hydrogen (secondary N) is 1. The van der Waals surface area contributed by atoms with Crippen molar-refractivity contribution < 1.29 is 14.7 Å². The number of carbonyl (C=O) groups excluding carboxylic acids is 1. The molecule has 1 aromatic rings. The molecule has 0 radical (unpaired) electrons. The first kappa shape index (κ1) is 16.3. The molecule has 0 spiro atoms. The lowest BCUT2D eigenvalue weighted by Crippen LogP contribution is -2.28. The lowest BCUT2D eigenvalue weighted by molar-refractivity contribution is -0.141. The molecule has 4 nitrogen and oxygen atoms in total. The molecule has 0 bridgehead atoms. The van der Waals surface area contributed by atoms with E-state index in [9.17, 15) is 9.59 Å². The third kappa shape index (κ3) is 6.84. The van der Waals surface area contributed by atoms with Crippen molar-refractivity contribution in [3.8, 4) is 0 Å². The van der Waals surface area contributed by atoms with Crippen LogP contribution in [0.4, 0.5) is 0 Å². The fourth-order valence-corrected chi connectivity index (χ4v) is 3.33. The number of carboxylic acid groups (broad SMARTS) is 1. The summed E-state index contributed by atoms with van der Waals surface area (Å²) in [6.45, 7) is 2.03. The molecule has 106 valence electrons. The van der Waals surface area contributed by atoms with E-state index in [4.69, 9.17) is 16.7 Å². The Morgan fingerprint density at radius 2 is 2.26 bits per heavy atom. The largest absolute Gasteiger partial charge is 0.481 e. The van der Waals surface area contributed by atoms with Crippen LogP contribution in [0.5, 0.6) is 0 Å². The van der Waals surface area contributed by atoms with Crippen molar-refractivity contribution in [2.24, 2.45) is 5.92 Å². The zero-order chi connectivity index (χ0) is 14.3. The van der Waals surface area contributed by atoms with Gasteiger partial charge in [-0.15, -0.1) is 23.1 Å². The van der Waals surface area contributed by atoms with Crippen molar-refractivity contribution in [2.45, 2.75) is 19.1 Å². The van der Waals surface area contributed by atoms with E-state index in [0.717, 1.165) is 15.0 Å². The molecule has 2 N–H and O–H groups in total. The van der Waals surface area contributed by atoms with Crippen LogP contribution in [-0.4, -0.2) is 29.3 Å². The van der Waals surface area contributed by atoms with Gasteiger partial charge in [-0.3, -0.25) is 9.59 Å². The summed E-state index contributed by atoms with van der Waals surface area (Å²) in [4.78, 5) is 23.2. The highest BCUT2D eigenvalue weighted by Gasteiger charge is 2.10. The van der Waals surface area contributed by atoms with Crippen LogP contribution in [0.1, 0.15) is 18.2 Å². The zero-order valence-electron chi connectivity index (χ0n) is 10.5. The van der Waals surface area contributed by atoms with Gasteiger partial charge in [-0.2, -0.15) is 0 Å². The van der Waals surface area contributed by atoms with Gasteiger partial charge in [0.15, 0.2) is 0 Å².